The van der Waals surface area contributed by atoms with Crippen LogP contribution < -0.4 is 11.2 Å². The van der Waals surface area contributed by atoms with E-state index in [0.717, 1.165) is 0 Å². The first-order valence-corrected chi connectivity index (χ1v) is 16.4. The van der Waals surface area contributed by atoms with Crippen molar-refractivity contribution in [1.82, 2.24) is 9.55 Å². The number of hydrogen-bond acceptors (Lipinski definition) is 14. The molecule has 1 aromatic carbocycles. The number of ether oxygens (including phenoxy) is 1. The highest BCUT2D eigenvalue weighted by Crippen LogP contribution is 2.66. The van der Waals surface area contributed by atoms with Crippen molar-refractivity contribution in [3.05, 3.63) is 73.4 Å². The van der Waals surface area contributed by atoms with Gasteiger partial charge in [-0.25, -0.2) is 18.5 Å². The summed E-state index contributed by atoms with van der Waals surface area (Å²) in [6.07, 6.45) is -5.51. The van der Waals surface area contributed by atoms with E-state index in [4.69, 9.17) is 20.1 Å². The number of nitrogens with one attached hydrogen (secondary N) is 1. The van der Waals surface area contributed by atoms with Crippen molar-refractivity contribution in [2.75, 3.05) is 12.4 Å². The number of carbonyl (C=O) groups is 1. The monoisotopic (exact) mass is 675 g/mol. The number of aromatic nitrogens is 2. The first-order chi connectivity index (χ1) is 19.4. The van der Waals surface area contributed by atoms with Gasteiger partial charge in [0.15, 0.2) is 5.78 Å². The number of aliphatic hydroxyl groups is 2. The minimum Gasteiger partial charge on any atom is -0.387 e. The van der Waals surface area contributed by atoms with Crippen molar-refractivity contribution in [2.45, 2.75) is 23.4 Å². The van der Waals surface area contributed by atoms with Gasteiger partial charge >= 0.3 is 29.2 Å². The third-order valence-corrected chi connectivity index (χ3v) is 10.3. The molecule has 1 aliphatic heterocycles. The Morgan fingerprint density at radius 2 is 1.76 bits per heavy atom. The number of nitrogens with zero attached hydrogens (tertiary/aromatic N) is 4. The van der Waals surface area contributed by atoms with E-state index in [-0.39, 0.29) is 5.56 Å². The number of phosphoric acid groups is 3. The van der Waals surface area contributed by atoms with Gasteiger partial charge < -0.3 is 34.5 Å². The van der Waals surface area contributed by atoms with Gasteiger partial charge in [-0.3, -0.25) is 23.7 Å². The number of thioether (sulfide) groups is 1. The third-order valence-electron chi connectivity index (χ3n) is 5.13. The Balaban J connectivity index is 1.95. The maximum Gasteiger partial charge on any atom is 0.490 e. The van der Waals surface area contributed by atoms with Crippen LogP contribution >= 0.6 is 35.2 Å². The number of hydrogen-bond donors (Lipinski definition) is 7. The van der Waals surface area contributed by atoms with Crippen molar-refractivity contribution in [1.29, 1.82) is 0 Å². The molecule has 25 heteroatoms. The smallest absolute Gasteiger partial charge is 0.387 e. The van der Waals surface area contributed by atoms with Crippen molar-refractivity contribution in [3.63, 3.8) is 0 Å². The number of Topliss-reactive ketones (excluding diaryl/α,β-unsaturated/α-hetero) is 1. The standard InChI is InChI=1S/C17H20N5O16P3S/c18-21-20-10-6-22(16(27)19-15(10)26)17(42-8-11(23)9-4-2-1-3-5-9)14(25)13(24)12(36-17)7-35-40(31,32)38-41(33,34)37-39(28,29)30/h1-6,12-14,24-25H,7-8H2,(H,31,32)(H,33,34)(H,19,26,27)(H2,28,29,30)/t12-,13-,14-,17+/m1/s1. The quantitative estimate of drug-likeness (QED) is 0.0489. The maximum atomic E-state index is 12.8. The number of benzene rings is 1. The topological polar surface area (TPSA) is 330 Å². The Morgan fingerprint density at radius 1 is 1.12 bits per heavy atom. The number of aliphatic hydroxyl groups excluding tert-OH is 2. The molecule has 0 amide bonds. The normalized spacial score (nSPS) is 25.2. The Bertz CT molecular complexity index is 1640. The largest absolute Gasteiger partial charge is 0.490 e. The Labute approximate surface area is 236 Å². The number of azide groups is 1. The average molecular weight is 675 g/mol. The van der Waals surface area contributed by atoms with Gasteiger partial charge in [0.2, 0.25) is 5.06 Å². The Morgan fingerprint density at radius 3 is 2.36 bits per heavy atom. The Kier molecular flexibility index (Phi) is 10.5. The predicted octanol–water partition coefficient (Wildman–Crippen LogP) is 0.169. The molecule has 42 heavy (non-hydrogen) atoms. The first-order valence-electron chi connectivity index (χ1n) is 10.9. The summed E-state index contributed by atoms with van der Waals surface area (Å²) < 4.78 is 52.2. The van der Waals surface area contributed by atoms with E-state index >= 15 is 0 Å². The number of rotatable bonds is 13. The SMILES string of the molecule is [N-]=[N+]=Nc1cn([C@]2(SCC(=O)c3ccccc3)O[C@H](COP(=O)(O)OP(=O)(O)OP(=O)(O)O)[C@@H](O)[C@H]2O)c(=O)[nH]c1=O. The van der Waals surface area contributed by atoms with Gasteiger partial charge in [0.05, 0.1) is 12.4 Å². The van der Waals surface area contributed by atoms with E-state index in [2.05, 4.69) is 23.2 Å². The molecule has 21 nitrogen and oxygen atoms in total. The van der Waals surface area contributed by atoms with Crippen LogP contribution in [0.4, 0.5) is 5.69 Å². The van der Waals surface area contributed by atoms with Crippen LogP contribution in [0.1, 0.15) is 10.4 Å². The lowest BCUT2D eigenvalue weighted by molar-refractivity contribution is -0.0810. The molecule has 0 radical (unpaired) electrons. The summed E-state index contributed by atoms with van der Waals surface area (Å²) in [6, 6.07) is 7.64. The van der Waals surface area contributed by atoms with E-state index in [1.54, 1.807) is 18.2 Å². The highest BCUT2D eigenvalue weighted by atomic mass is 32.2. The lowest BCUT2D eigenvalue weighted by atomic mass is 10.1. The van der Waals surface area contributed by atoms with Gasteiger partial charge in [0.25, 0.3) is 5.56 Å². The fourth-order valence-corrected chi connectivity index (χ4v) is 7.77. The van der Waals surface area contributed by atoms with Gasteiger partial charge in [0, 0.05) is 16.7 Å². The molecule has 0 bridgehead atoms. The maximum absolute atomic E-state index is 12.8. The zero-order valence-electron chi connectivity index (χ0n) is 20.4. The number of ketones is 1. The van der Waals surface area contributed by atoms with E-state index in [9.17, 15) is 48.1 Å². The minimum atomic E-state index is -5.89. The summed E-state index contributed by atoms with van der Waals surface area (Å²) >= 11 is 0.415. The highest BCUT2D eigenvalue weighted by Gasteiger charge is 2.57. The fraction of sp³-hybridized carbons (Fsp3) is 0.353. The van der Waals surface area contributed by atoms with Gasteiger partial charge in [-0.15, -0.1) is 0 Å². The molecule has 1 fully saturated rings. The van der Waals surface area contributed by atoms with E-state index in [0.29, 0.717) is 22.5 Å². The van der Waals surface area contributed by atoms with Crippen molar-refractivity contribution < 1.29 is 66.2 Å². The molecule has 0 spiro atoms. The number of carbonyl (C=O) groups excluding carboxylic acids is 1. The summed E-state index contributed by atoms with van der Waals surface area (Å²) in [5, 5.41) is 22.3. The molecule has 2 unspecified atom stereocenters. The van der Waals surface area contributed by atoms with Gasteiger partial charge in [0.1, 0.15) is 24.0 Å². The van der Waals surface area contributed by atoms with Crippen LogP contribution in [0.2, 0.25) is 0 Å². The molecule has 2 heterocycles. The zero-order valence-corrected chi connectivity index (χ0v) is 23.9. The highest BCUT2D eigenvalue weighted by molar-refractivity contribution is 8.00. The second-order valence-electron chi connectivity index (χ2n) is 8.02. The van der Waals surface area contributed by atoms with Crippen LogP contribution in [-0.2, 0) is 36.6 Å². The van der Waals surface area contributed by atoms with Gasteiger partial charge in [-0.1, -0.05) is 47.2 Å². The van der Waals surface area contributed by atoms with Crippen molar-refractivity contribution in [3.8, 4) is 0 Å². The lowest BCUT2D eigenvalue weighted by Crippen LogP contribution is -2.49. The molecule has 0 aliphatic carbocycles. The van der Waals surface area contributed by atoms with Crippen molar-refractivity contribution >= 4 is 46.7 Å². The Hall–Kier alpha value is -2.48. The van der Waals surface area contributed by atoms with E-state index in [1.807, 2.05) is 4.98 Å². The van der Waals surface area contributed by atoms with Crippen LogP contribution in [0.25, 0.3) is 10.4 Å². The van der Waals surface area contributed by atoms with Crippen LogP contribution in [0, 0.1) is 0 Å². The summed E-state index contributed by atoms with van der Waals surface area (Å²) in [6.45, 7) is -1.25. The van der Waals surface area contributed by atoms with Gasteiger partial charge in [-0.2, -0.15) is 8.62 Å². The molecule has 2 aromatic rings. The molecular weight excluding hydrogens is 655 g/mol. The number of phosphoric ester groups is 1. The molecule has 0 saturated carbocycles. The molecule has 1 aliphatic rings. The zero-order chi connectivity index (χ0) is 31.5. The lowest BCUT2D eigenvalue weighted by Gasteiger charge is -2.33. The molecule has 6 atom stereocenters. The summed E-state index contributed by atoms with van der Waals surface area (Å²) in [4.78, 5) is 78.1. The third kappa shape index (κ3) is 8.33. The first kappa shape index (κ1) is 34.0. The second-order valence-corrected chi connectivity index (χ2v) is 13.6. The molecule has 1 saturated heterocycles. The molecular formula is C17H20N5O16P3S. The number of H-pyrrole nitrogens is 1. The number of aromatic amines is 1. The molecule has 230 valence electrons. The summed E-state index contributed by atoms with van der Waals surface area (Å²) in [7, 11) is -17.3. The fourth-order valence-electron chi connectivity index (χ4n) is 3.46. The van der Waals surface area contributed by atoms with Crippen LogP contribution in [0.3, 0.4) is 0 Å². The van der Waals surface area contributed by atoms with Crippen LogP contribution in [-0.4, -0.2) is 75.8 Å². The summed E-state index contributed by atoms with van der Waals surface area (Å²) in [5.41, 5.74) is 5.81. The molecule has 1 aromatic heterocycles. The van der Waals surface area contributed by atoms with Gasteiger partial charge in [-0.05, 0) is 5.53 Å². The van der Waals surface area contributed by atoms with Crippen molar-refractivity contribution in [2.24, 2.45) is 5.11 Å². The van der Waals surface area contributed by atoms with E-state index in [1.165, 1.54) is 12.1 Å². The average Bonchev–Trinajstić information content (AvgIpc) is 3.11. The second kappa shape index (κ2) is 13.0. The minimum absolute atomic E-state index is 0.195. The summed E-state index contributed by atoms with van der Waals surface area (Å²) in [5.74, 6) is -1.10. The molecule has 3 rings (SSSR count). The molecule has 7 N–H and O–H groups in total. The van der Waals surface area contributed by atoms with Crippen LogP contribution in [0.15, 0.2) is 51.2 Å². The predicted molar refractivity (Wildman–Crippen MR) is 138 cm³/mol. The van der Waals surface area contributed by atoms with E-state index < -0.39 is 81.9 Å². The van der Waals surface area contributed by atoms with Crippen LogP contribution in [0.5, 0.6) is 0 Å².